The van der Waals surface area contributed by atoms with Crippen LogP contribution in [0.3, 0.4) is 0 Å². The third-order valence-corrected chi connectivity index (χ3v) is 3.85. The molecular formula is C15H22N4O. The van der Waals surface area contributed by atoms with Crippen molar-refractivity contribution in [2.75, 3.05) is 27.2 Å². The van der Waals surface area contributed by atoms with Crippen molar-refractivity contribution in [1.82, 2.24) is 19.6 Å². The average molecular weight is 274 g/mol. The SMILES string of the molecule is CN(C)CC[C@H]1CN(Cc2ccoc2)Cc2ccnn21. The Hall–Kier alpha value is -1.59. The molecule has 108 valence electrons. The van der Waals surface area contributed by atoms with E-state index in [-0.39, 0.29) is 0 Å². The standard InChI is InChI=1S/C15H22N4O/c1-17(2)7-4-15-11-18(9-13-5-8-20-12-13)10-14-3-6-16-19(14)15/h3,5-6,8,12,15H,4,7,9-11H2,1-2H3/t15-/m0/s1. The van der Waals surface area contributed by atoms with Gasteiger partial charge < -0.3 is 9.32 Å². The molecule has 3 heterocycles. The summed E-state index contributed by atoms with van der Waals surface area (Å²) in [6.07, 6.45) is 6.62. The highest BCUT2D eigenvalue weighted by atomic mass is 16.3. The Kier molecular flexibility index (Phi) is 3.89. The van der Waals surface area contributed by atoms with Gasteiger partial charge in [0.1, 0.15) is 0 Å². The Morgan fingerprint density at radius 2 is 2.30 bits per heavy atom. The smallest absolute Gasteiger partial charge is 0.0947 e. The van der Waals surface area contributed by atoms with E-state index in [2.05, 4.69) is 39.7 Å². The highest BCUT2D eigenvalue weighted by molar-refractivity contribution is 5.09. The highest BCUT2D eigenvalue weighted by Crippen LogP contribution is 2.24. The molecule has 1 aliphatic rings. The van der Waals surface area contributed by atoms with Crippen LogP contribution in [0.1, 0.15) is 23.7 Å². The minimum absolute atomic E-state index is 0.461. The zero-order chi connectivity index (χ0) is 13.9. The second kappa shape index (κ2) is 5.81. The van der Waals surface area contributed by atoms with E-state index < -0.39 is 0 Å². The summed E-state index contributed by atoms with van der Waals surface area (Å²) in [6.45, 7) is 4.04. The number of hydrogen-bond acceptors (Lipinski definition) is 4. The van der Waals surface area contributed by atoms with Crippen LogP contribution in [0.5, 0.6) is 0 Å². The van der Waals surface area contributed by atoms with E-state index in [0.717, 1.165) is 32.6 Å². The minimum atomic E-state index is 0.461. The molecule has 0 N–H and O–H groups in total. The summed E-state index contributed by atoms with van der Waals surface area (Å²) in [7, 11) is 4.24. The van der Waals surface area contributed by atoms with Crippen molar-refractivity contribution in [1.29, 1.82) is 0 Å². The molecule has 20 heavy (non-hydrogen) atoms. The monoisotopic (exact) mass is 274 g/mol. The zero-order valence-electron chi connectivity index (χ0n) is 12.2. The third kappa shape index (κ3) is 2.94. The van der Waals surface area contributed by atoms with E-state index in [1.54, 1.807) is 6.26 Å². The molecule has 5 heteroatoms. The largest absolute Gasteiger partial charge is 0.472 e. The van der Waals surface area contributed by atoms with Crippen molar-refractivity contribution in [3.63, 3.8) is 0 Å². The van der Waals surface area contributed by atoms with Gasteiger partial charge in [0.15, 0.2) is 0 Å². The Labute approximate surface area is 119 Å². The van der Waals surface area contributed by atoms with Crippen LogP contribution in [0, 0.1) is 0 Å². The van der Waals surface area contributed by atoms with Gasteiger partial charge in [-0.3, -0.25) is 9.58 Å². The van der Waals surface area contributed by atoms with Crippen molar-refractivity contribution in [2.24, 2.45) is 0 Å². The molecule has 2 aromatic rings. The van der Waals surface area contributed by atoms with E-state index in [1.165, 1.54) is 11.3 Å². The zero-order valence-corrected chi connectivity index (χ0v) is 12.2. The maximum atomic E-state index is 5.17. The molecule has 0 fully saturated rings. The maximum Gasteiger partial charge on any atom is 0.0947 e. The lowest BCUT2D eigenvalue weighted by Crippen LogP contribution is -2.38. The summed E-state index contributed by atoms with van der Waals surface area (Å²) in [5.41, 5.74) is 2.55. The van der Waals surface area contributed by atoms with Crippen molar-refractivity contribution in [2.45, 2.75) is 25.6 Å². The van der Waals surface area contributed by atoms with Gasteiger partial charge in [-0.05, 0) is 39.2 Å². The number of rotatable bonds is 5. The van der Waals surface area contributed by atoms with Crippen LogP contribution in [0.15, 0.2) is 35.3 Å². The summed E-state index contributed by atoms with van der Waals surface area (Å²) in [5, 5.41) is 4.50. The van der Waals surface area contributed by atoms with Gasteiger partial charge in [0.25, 0.3) is 0 Å². The molecular weight excluding hydrogens is 252 g/mol. The minimum Gasteiger partial charge on any atom is -0.472 e. The molecule has 5 nitrogen and oxygen atoms in total. The fourth-order valence-electron chi connectivity index (χ4n) is 2.85. The molecule has 3 rings (SSSR count). The first-order chi connectivity index (χ1) is 9.72. The van der Waals surface area contributed by atoms with E-state index in [1.807, 2.05) is 18.5 Å². The fourth-order valence-corrected chi connectivity index (χ4v) is 2.85. The van der Waals surface area contributed by atoms with Crippen LogP contribution in [0.25, 0.3) is 0 Å². The summed E-state index contributed by atoms with van der Waals surface area (Å²) < 4.78 is 7.37. The van der Waals surface area contributed by atoms with Crippen molar-refractivity contribution in [3.05, 3.63) is 42.1 Å². The van der Waals surface area contributed by atoms with Crippen LogP contribution in [0.2, 0.25) is 0 Å². The second-order valence-corrected chi connectivity index (χ2v) is 5.81. The summed E-state index contributed by atoms with van der Waals surface area (Å²) in [6, 6.07) is 4.63. The number of hydrogen-bond donors (Lipinski definition) is 0. The first-order valence-corrected chi connectivity index (χ1v) is 7.13. The molecule has 1 aliphatic heterocycles. The molecule has 0 aromatic carbocycles. The third-order valence-electron chi connectivity index (χ3n) is 3.85. The van der Waals surface area contributed by atoms with Gasteiger partial charge in [-0.15, -0.1) is 0 Å². The first kappa shape index (κ1) is 13.4. The average Bonchev–Trinajstić information content (AvgIpc) is 3.06. The Morgan fingerprint density at radius 1 is 1.40 bits per heavy atom. The van der Waals surface area contributed by atoms with Crippen LogP contribution in [0.4, 0.5) is 0 Å². The van der Waals surface area contributed by atoms with E-state index >= 15 is 0 Å². The van der Waals surface area contributed by atoms with Gasteiger partial charge >= 0.3 is 0 Å². The molecule has 0 bridgehead atoms. The first-order valence-electron chi connectivity index (χ1n) is 7.13. The number of furan rings is 1. The van der Waals surface area contributed by atoms with Gasteiger partial charge in [0.05, 0.1) is 24.3 Å². The molecule has 0 radical (unpaired) electrons. The molecule has 0 saturated heterocycles. The molecule has 0 amide bonds. The van der Waals surface area contributed by atoms with Gasteiger partial charge in [-0.25, -0.2) is 0 Å². The van der Waals surface area contributed by atoms with Crippen LogP contribution >= 0.6 is 0 Å². The van der Waals surface area contributed by atoms with Crippen LogP contribution in [-0.2, 0) is 13.1 Å². The predicted molar refractivity (Wildman–Crippen MR) is 77.3 cm³/mol. The van der Waals surface area contributed by atoms with Gasteiger partial charge in [-0.2, -0.15) is 5.10 Å². The molecule has 0 aliphatic carbocycles. The second-order valence-electron chi connectivity index (χ2n) is 5.81. The number of aromatic nitrogens is 2. The summed E-state index contributed by atoms with van der Waals surface area (Å²) in [5.74, 6) is 0. The van der Waals surface area contributed by atoms with E-state index in [9.17, 15) is 0 Å². The van der Waals surface area contributed by atoms with Crippen LogP contribution in [-0.4, -0.2) is 46.8 Å². The lowest BCUT2D eigenvalue weighted by molar-refractivity contribution is 0.154. The molecule has 1 atom stereocenters. The number of nitrogens with zero attached hydrogens (tertiary/aromatic N) is 4. The lowest BCUT2D eigenvalue weighted by atomic mass is 10.1. The predicted octanol–water partition coefficient (Wildman–Crippen LogP) is 1.98. The molecule has 0 spiro atoms. The Morgan fingerprint density at radius 3 is 3.05 bits per heavy atom. The van der Waals surface area contributed by atoms with Crippen molar-refractivity contribution >= 4 is 0 Å². The van der Waals surface area contributed by atoms with Crippen molar-refractivity contribution in [3.8, 4) is 0 Å². The molecule has 2 aromatic heterocycles. The van der Waals surface area contributed by atoms with E-state index in [4.69, 9.17) is 4.42 Å². The van der Waals surface area contributed by atoms with Gasteiger partial charge in [0, 0.05) is 31.4 Å². The van der Waals surface area contributed by atoms with Gasteiger partial charge in [-0.1, -0.05) is 0 Å². The van der Waals surface area contributed by atoms with E-state index in [0.29, 0.717) is 6.04 Å². The lowest BCUT2D eigenvalue weighted by Gasteiger charge is -2.34. The Balaban J connectivity index is 1.70. The topological polar surface area (TPSA) is 37.4 Å². The van der Waals surface area contributed by atoms with Crippen LogP contribution < -0.4 is 0 Å². The number of fused-ring (bicyclic) bond motifs is 1. The normalized spacial score (nSPS) is 19.4. The summed E-state index contributed by atoms with van der Waals surface area (Å²) >= 11 is 0. The fraction of sp³-hybridized carbons (Fsp3) is 0.533. The van der Waals surface area contributed by atoms with Gasteiger partial charge in [0.2, 0.25) is 0 Å². The quantitative estimate of drug-likeness (QED) is 0.835. The maximum absolute atomic E-state index is 5.17. The highest BCUT2D eigenvalue weighted by Gasteiger charge is 2.25. The Bertz CT molecular complexity index is 532. The van der Waals surface area contributed by atoms with Crippen molar-refractivity contribution < 1.29 is 4.42 Å². The summed E-state index contributed by atoms with van der Waals surface area (Å²) in [4.78, 5) is 4.71. The molecule has 0 saturated carbocycles. The molecule has 0 unspecified atom stereocenters.